The van der Waals surface area contributed by atoms with Crippen molar-refractivity contribution < 1.29 is 76.6 Å². The summed E-state index contributed by atoms with van der Waals surface area (Å²) in [7, 11) is 0. The van der Waals surface area contributed by atoms with Gasteiger partial charge in [-0.1, -0.05) is 0 Å². The number of hydrogen-bond donors (Lipinski definition) is 2. The number of aliphatic hydroxyl groups excluding tert-OH is 1. The van der Waals surface area contributed by atoms with Crippen molar-refractivity contribution in [3.8, 4) is 0 Å². The zero-order chi connectivity index (χ0) is 33.3. The molecule has 2 fully saturated rings. The number of amides is 1. The summed E-state index contributed by atoms with van der Waals surface area (Å²) in [5.41, 5.74) is 0. The van der Waals surface area contributed by atoms with Gasteiger partial charge >= 0.3 is 35.8 Å². The SMILES string of the molecule is CC(=O)N[C@H]1[C@@H](C[C@H]2O[C@H](COC(C)=O)[C@@H](OC(C)=O)[C@H](OC(C)=O)[C@@H]2OC(C)=O)[C@@H](OC(C)=O)[C@@H](COC(C)=O)O[C@@H]1O. The summed E-state index contributed by atoms with van der Waals surface area (Å²) in [6, 6.07) is -1.25. The molecule has 0 radical (unpaired) electrons. The van der Waals surface area contributed by atoms with Gasteiger partial charge < -0.3 is 48.3 Å². The van der Waals surface area contributed by atoms with Gasteiger partial charge in [0.15, 0.2) is 24.6 Å². The lowest BCUT2D eigenvalue weighted by molar-refractivity contribution is -0.271. The molecule has 17 nitrogen and oxygen atoms in total. The van der Waals surface area contributed by atoms with Crippen LogP contribution in [-0.4, -0.2) is 115 Å². The van der Waals surface area contributed by atoms with Crippen molar-refractivity contribution in [2.75, 3.05) is 13.2 Å². The molecule has 0 aromatic heterocycles. The first-order chi connectivity index (χ1) is 20.5. The number of carbonyl (C=O) groups is 7. The average Bonchev–Trinajstić information content (AvgIpc) is 2.87. The van der Waals surface area contributed by atoms with Gasteiger partial charge in [-0.25, -0.2) is 0 Å². The average molecular weight is 634 g/mol. The van der Waals surface area contributed by atoms with E-state index in [9.17, 15) is 38.7 Å². The van der Waals surface area contributed by atoms with Crippen LogP contribution in [0.15, 0.2) is 0 Å². The summed E-state index contributed by atoms with van der Waals surface area (Å²) in [5.74, 6) is -6.34. The molecule has 248 valence electrons. The second kappa shape index (κ2) is 16.3. The quantitative estimate of drug-likeness (QED) is 0.202. The number of esters is 6. The van der Waals surface area contributed by atoms with Crippen LogP contribution in [0, 0.1) is 5.92 Å². The molecule has 2 aliphatic rings. The van der Waals surface area contributed by atoms with Gasteiger partial charge in [-0.3, -0.25) is 33.6 Å². The number of hydrogen-bond acceptors (Lipinski definition) is 16. The topological polar surface area (TPSA) is 226 Å². The van der Waals surface area contributed by atoms with E-state index in [1.165, 1.54) is 6.92 Å². The first-order valence-corrected chi connectivity index (χ1v) is 13.7. The lowest BCUT2D eigenvalue weighted by Crippen LogP contribution is -2.66. The third-order valence-electron chi connectivity index (χ3n) is 6.59. The Morgan fingerprint density at radius 1 is 0.568 bits per heavy atom. The minimum Gasteiger partial charge on any atom is -0.463 e. The van der Waals surface area contributed by atoms with Crippen molar-refractivity contribution in [2.24, 2.45) is 5.92 Å². The molecule has 0 aromatic carbocycles. The van der Waals surface area contributed by atoms with Crippen molar-refractivity contribution in [1.29, 1.82) is 0 Å². The zero-order valence-electron chi connectivity index (χ0n) is 25.5. The van der Waals surface area contributed by atoms with E-state index in [-0.39, 0.29) is 6.42 Å². The molecule has 2 heterocycles. The third kappa shape index (κ3) is 10.7. The number of ether oxygens (including phenoxy) is 8. The van der Waals surface area contributed by atoms with E-state index in [0.717, 1.165) is 41.5 Å². The molecule has 0 aromatic rings. The van der Waals surface area contributed by atoms with Gasteiger partial charge in [0.05, 0.1) is 12.1 Å². The lowest BCUT2D eigenvalue weighted by Gasteiger charge is -2.49. The smallest absolute Gasteiger partial charge is 0.303 e. The molecular formula is C27H39NO16. The molecule has 0 unspecified atom stereocenters. The predicted molar refractivity (Wildman–Crippen MR) is 141 cm³/mol. The normalized spacial score (nSPS) is 31.5. The van der Waals surface area contributed by atoms with Crippen LogP contribution in [0.4, 0.5) is 0 Å². The zero-order valence-corrected chi connectivity index (χ0v) is 25.5. The maximum atomic E-state index is 12.2. The van der Waals surface area contributed by atoms with E-state index in [1.54, 1.807) is 0 Å². The summed E-state index contributed by atoms with van der Waals surface area (Å²) in [5, 5.41) is 13.4. The van der Waals surface area contributed by atoms with E-state index in [4.69, 9.17) is 37.9 Å². The highest BCUT2D eigenvalue weighted by atomic mass is 16.7. The molecular weight excluding hydrogens is 594 g/mol. The molecule has 2 rings (SSSR count). The molecule has 10 atom stereocenters. The first-order valence-electron chi connectivity index (χ1n) is 13.7. The molecule has 0 bridgehead atoms. The number of rotatable bonds is 11. The van der Waals surface area contributed by atoms with Gasteiger partial charge in [-0.2, -0.15) is 0 Å². The lowest BCUT2D eigenvalue weighted by atomic mass is 9.79. The Hall–Kier alpha value is -3.83. The molecule has 0 saturated carbocycles. The van der Waals surface area contributed by atoms with Crippen LogP contribution in [0.25, 0.3) is 0 Å². The standard InChI is InChI=1S/C27H39NO16/c1-11(29)28-22-18(23(39-14(4)32)20(44-27(22)36)9-37-12(2)30)8-19-24(40-15(5)33)26(42-17(7)35)25(41-16(6)34)21(43-19)10-38-13(3)31/h18-27,36H,8-10H2,1-7H3,(H,28,29)/t18-,19-,20-,21-,22+,23-,24-,25-,26-,27+/m1/s1. The highest BCUT2D eigenvalue weighted by Gasteiger charge is 2.55. The van der Waals surface area contributed by atoms with E-state index in [0.29, 0.717) is 0 Å². The van der Waals surface area contributed by atoms with E-state index < -0.39 is 116 Å². The van der Waals surface area contributed by atoms with Crippen LogP contribution in [0.5, 0.6) is 0 Å². The minimum atomic E-state index is -1.71. The summed E-state index contributed by atoms with van der Waals surface area (Å²) in [6.45, 7) is 6.82. The molecule has 2 saturated heterocycles. The first kappa shape index (κ1) is 36.4. The Labute approximate surface area is 253 Å². The van der Waals surface area contributed by atoms with Crippen LogP contribution in [0.2, 0.25) is 0 Å². The Bertz CT molecular complexity index is 1090. The molecule has 2 N–H and O–H groups in total. The van der Waals surface area contributed by atoms with Crippen LogP contribution in [0.1, 0.15) is 54.9 Å². The maximum absolute atomic E-state index is 12.2. The van der Waals surface area contributed by atoms with E-state index >= 15 is 0 Å². The van der Waals surface area contributed by atoms with E-state index in [1.807, 2.05) is 0 Å². The van der Waals surface area contributed by atoms with Crippen molar-refractivity contribution in [3.05, 3.63) is 0 Å². The highest BCUT2D eigenvalue weighted by molar-refractivity contribution is 5.73. The van der Waals surface area contributed by atoms with Crippen LogP contribution < -0.4 is 5.32 Å². The largest absolute Gasteiger partial charge is 0.463 e. The molecule has 1 amide bonds. The van der Waals surface area contributed by atoms with Crippen molar-refractivity contribution in [3.63, 3.8) is 0 Å². The molecule has 2 aliphatic heterocycles. The van der Waals surface area contributed by atoms with Gasteiger partial charge in [0.1, 0.15) is 31.5 Å². The highest BCUT2D eigenvalue weighted by Crippen LogP contribution is 2.37. The molecule has 0 spiro atoms. The second-order valence-corrected chi connectivity index (χ2v) is 10.3. The van der Waals surface area contributed by atoms with Gasteiger partial charge in [0, 0.05) is 54.4 Å². The Morgan fingerprint density at radius 3 is 1.41 bits per heavy atom. The van der Waals surface area contributed by atoms with Crippen molar-refractivity contribution in [1.82, 2.24) is 5.32 Å². The number of aliphatic hydroxyl groups is 1. The monoisotopic (exact) mass is 633 g/mol. The summed E-state index contributed by atoms with van der Waals surface area (Å²) in [6.07, 6.45) is -11.4. The fourth-order valence-corrected chi connectivity index (χ4v) is 5.19. The van der Waals surface area contributed by atoms with Crippen molar-refractivity contribution in [2.45, 2.75) is 110 Å². The van der Waals surface area contributed by atoms with Gasteiger partial charge in [-0.15, -0.1) is 0 Å². The van der Waals surface area contributed by atoms with E-state index in [2.05, 4.69) is 5.32 Å². The summed E-state index contributed by atoms with van der Waals surface area (Å²) >= 11 is 0. The molecule has 0 aliphatic carbocycles. The fourth-order valence-electron chi connectivity index (χ4n) is 5.19. The van der Waals surface area contributed by atoms with Crippen LogP contribution in [0.3, 0.4) is 0 Å². The fraction of sp³-hybridized carbons (Fsp3) is 0.741. The maximum Gasteiger partial charge on any atom is 0.303 e. The number of carbonyl (C=O) groups excluding carboxylic acids is 7. The molecule has 44 heavy (non-hydrogen) atoms. The second-order valence-electron chi connectivity index (χ2n) is 10.3. The van der Waals surface area contributed by atoms with Crippen LogP contribution in [-0.2, 0) is 71.5 Å². The molecule has 17 heteroatoms. The Morgan fingerprint density at radius 2 is 0.977 bits per heavy atom. The van der Waals surface area contributed by atoms with Gasteiger partial charge in [0.25, 0.3) is 0 Å². The third-order valence-corrected chi connectivity index (χ3v) is 6.59. The predicted octanol–water partition coefficient (Wildman–Crippen LogP) is -1.16. The Kier molecular flexibility index (Phi) is 13.5. The minimum absolute atomic E-state index is 0.293. The Balaban J connectivity index is 2.66. The number of nitrogens with one attached hydrogen (secondary N) is 1. The van der Waals surface area contributed by atoms with Crippen molar-refractivity contribution >= 4 is 41.7 Å². The summed E-state index contributed by atoms with van der Waals surface area (Å²) < 4.78 is 43.8. The van der Waals surface area contributed by atoms with Crippen LogP contribution >= 0.6 is 0 Å². The van der Waals surface area contributed by atoms with Gasteiger partial charge in [0.2, 0.25) is 5.91 Å². The van der Waals surface area contributed by atoms with Gasteiger partial charge in [-0.05, 0) is 6.42 Å². The summed E-state index contributed by atoms with van der Waals surface area (Å²) in [4.78, 5) is 84.0.